The van der Waals surface area contributed by atoms with Gasteiger partial charge in [-0.2, -0.15) is 0 Å². The van der Waals surface area contributed by atoms with E-state index in [1.54, 1.807) is 23.4 Å². The van der Waals surface area contributed by atoms with Crippen LogP contribution < -0.4 is 0 Å². The molecule has 0 aliphatic rings. The quantitative estimate of drug-likeness (QED) is 0.731. The lowest BCUT2D eigenvalue weighted by Gasteiger charge is -2.26. The molecule has 0 radical (unpaired) electrons. The lowest BCUT2D eigenvalue weighted by Crippen LogP contribution is -2.30. The van der Waals surface area contributed by atoms with Crippen LogP contribution >= 0.6 is 0 Å². The SMILES string of the molecule is Cc1ccc(C)c(C(C)N(C)C(=O)c2ccc3cnccc3n2)c1. The number of aryl methyl sites for hydroxylation is 2. The summed E-state index contributed by atoms with van der Waals surface area (Å²) in [5.74, 6) is -0.0814. The van der Waals surface area contributed by atoms with Gasteiger partial charge in [0.25, 0.3) is 5.91 Å². The third kappa shape index (κ3) is 3.00. The first-order valence-electron chi connectivity index (χ1n) is 8.02. The summed E-state index contributed by atoms with van der Waals surface area (Å²) in [6, 6.07) is 11.8. The molecule has 0 fully saturated rings. The number of rotatable bonds is 3. The highest BCUT2D eigenvalue weighted by Crippen LogP contribution is 2.25. The van der Waals surface area contributed by atoms with Crippen LogP contribution in [0.1, 0.15) is 40.1 Å². The van der Waals surface area contributed by atoms with Crippen LogP contribution in [-0.4, -0.2) is 27.8 Å². The number of hydrogen-bond donors (Lipinski definition) is 0. The van der Waals surface area contributed by atoms with Gasteiger partial charge in [-0.25, -0.2) is 4.98 Å². The van der Waals surface area contributed by atoms with E-state index in [1.165, 1.54) is 11.1 Å². The van der Waals surface area contributed by atoms with Gasteiger partial charge in [0.2, 0.25) is 0 Å². The smallest absolute Gasteiger partial charge is 0.272 e. The molecule has 1 unspecified atom stereocenters. The van der Waals surface area contributed by atoms with E-state index in [-0.39, 0.29) is 11.9 Å². The summed E-state index contributed by atoms with van der Waals surface area (Å²) in [7, 11) is 1.83. The van der Waals surface area contributed by atoms with Crippen molar-refractivity contribution in [3.63, 3.8) is 0 Å². The Labute approximate surface area is 142 Å². The van der Waals surface area contributed by atoms with E-state index >= 15 is 0 Å². The number of nitrogens with zero attached hydrogens (tertiary/aromatic N) is 3. The topological polar surface area (TPSA) is 46.1 Å². The average molecular weight is 319 g/mol. The minimum atomic E-state index is -0.0814. The molecule has 2 aromatic heterocycles. The highest BCUT2D eigenvalue weighted by molar-refractivity contribution is 5.94. The molecule has 4 heteroatoms. The first kappa shape index (κ1) is 16.1. The number of carbonyl (C=O) groups is 1. The van der Waals surface area contributed by atoms with E-state index in [4.69, 9.17) is 0 Å². The van der Waals surface area contributed by atoms with Crippen molar-refractivity contribution in [1.82, 2.24) is 14.9 Å². The van der Waals surface area contributed by atoms with Crippen molar-refractivity contribution in [2.75, 3.05) is 7.05 Å². The molecule has 3 rings (SSSR count). The van der Waals surface area contributed by atoms with Crippen LogP contribution in [0.4, 0.5) is 0 Å². The fraction of sp³-hybridized carbons (Fsp3) is 0.250. The first-order valence-corrected chi connectivity index (χ1v) is 8.02. The van der Waals surface area contributed by atoms with Crippen LogP contribution in [-0.2, 0) is 0 Å². The number of fused-ring (bicyclic) bond motifs is 1. The number of amides is 1. The Morgan fingerprint density at radius 3 is 2.71 bits per heavy atom. The zero-order chi connectivity index (χ0) is 17.3. The summed E-state index contributed by atoms with van der Waals surface area (Å²) in [4.78, 5) is 23.1. The van der Waals surface area contributed by atoms with Gasteiger partial charge < -0.3 is 4.90 Å². The summed E-state index contributed by atoms with van der Waals surface area (Å²) in [5, 5.41) is 0.930. The van der Waals surface area contributed by atoms with E-state index in [0.717, 1.165) is 16.5 Å². The number of benzene rings is 1. The highest BCUT2D eigenvalue weighted by Gasteiger charge is 2.21. The third-order valence-electron chi connectivity index (χ3n) is 4.49. The Kier molecular flexibility index (Phi) is 4.30. The van der Waals surface area contributed by atoms with E-state index < -0.39 is 0 Å². The Morgan fingerprint density at radius 2 is 1.92 bits per heavy atom. The number of pyridine rings is 2. The molecule has 1 atom stereocenters. The summed E-state index contributed by atoms with van der Waals surface area (Å²) >= 11 is 0. The van der Waals surface area contributed by atoms with Crippen LogP contribution in [0.2, 0.25) is 0 Å². The Bertz CT molecular complexity index is 904. The summed E-state index contributed by atoms with van der Waals surface area (Å²) < 4.78 is 0. The number of carbonyl (C=O) groups excluding carboxylic acids is 1. The van der Waals surface area contributed by atoms with Crippen LogP contribution in [0.3, 0.4) is 0 Å². The Balaban J connectivity index is 1.91. The van der Waals surface area contributed by atoms with Gasteiger partial charge in [-0.05, 0) is 50.1 Å². The van der Waals surface area contributed by atoms with Crippen LogP contribution in [0.25, 0.3) is 10.9 Å². The van der Waals surface area contributed by atoms with Crippen molar-refractivity contribution < 1.29 is 4.79 Å². The van der Waals surface area contributed by atoms with Gasteiger partial charge >= 0.3 is 0 Å². The Morgan fingerprint density at radius 1 is 1.12 bits per heavy atom. The molecule has 122 valence electrons. The molecular weight excluding hydrogens is 298 g/mol. The molecule has 24 heavy (non-hydrogen) atoms. The van der Waals surface area contributed by atoms with Gasteiger partial charge in [-0.1, -0.05) is 23.8 Å². The number of hydrogen-bond acceptors (Lipinski definition) is 3. The third-order valence-corrected chi connectivity index (χ3v) is 4.49. The molecule has 2 heterocycles. The molecular formula is C20H21N3O. The fourth-order valence-corrected chi connectivity index (χ4v) is 2.86. The standard InChI is InChI=1S/C20H21N3O/c1-13-5-6-14(2)17(11-13)15(3)23(4)20(24)19-8-7-16-12-21-10-9-18(16)22-19/h5-12,15H,1-4H3. The highest BCUT2D eigenvalue weighted by atomic mass is 16.2. The lowest BCUT2D eigenvalue weighted by molar-refractivity contribution is 0.0736. The van der Waals surface area contributed by atoms with Gasteiger partial charge in [0.15, 0.2) is 0 Å². The van der Waals surface area contributed by atoms with Crippen molar-refractivity contribution in [2.45, 2.75) is 26.8 Å². The maximum Gasteiger partial charge on any atom is 0.272 e. The largest absolute Gasteiger partial charge is 0.334 e. The predicted molar refractivity (Wildman–Crippen MR) is 96.0 cm³/mol. The molecule has 0 saturated carbocycles. The molecule has 0 N–H and O–H groups in total. The minimum absolute atomic E-state index is 0.0210. The van der Waals surface area contributed by atoms with Gasteiger partial charge in [-0.3, -0.25) is 9.78 Å². The first-order chi connectivity index (χ1) is 11.5. The van der Waals surface area contributed by atoms with E-state index in [0.29, 0.717) is 5.69 Å². The van der Waals surface area contributed by atoms with Crippen LogP contribution in [0.15, 0.2) is 48.8 Å². The predicted octanol–water partition coefficient (Wildman–Crippen LogP) is 4.08. The van der Waals surface area contributed by atoms with Gasteiger partial charge in [0.1, 0.15) is 5.69 Å². The Hall–Kier alpha value is -2.75. The average Bonchev–Trinajstić information content (AvgIpc) is 2.61. The summed E-state index contributed by atoms with van der Waals surface area (Å²) in [6.07, 6.45) is 3.44. The lowest BCUT2D eigenvalue weighted by atomic mass is 9.99. The zero-order valence-electron chi connectivity index (χ0n) is 14.4. The number of aromatic nitrogens is 2. The maximum absolute atomic E-state index is 12.8. The van der Waals surface area contributed by atoms with Crippen molar-refractivity contribution in [3.05, 3.63) is 71.2 Å². The van der Waals surface area contributed by atoms with E-state index in [1.807, 2.05) is 26.1 Å². The van der Waals surface area contributed by atoms with E-state index in [2.05, 4.69) is 42.0 Å². The van der Waals surface area contributed by atoms with Gasteiger partial charge in [-0.15, -0.1) is 0 Å². The molecule has 0 aliphatic carbocycles. The normalized spacial score (nSPS) is 12.2. The summed E-state index contributed by atoms with van der Waals surface area (Å²) in [6.45, 7) is 6.19. The van der Waals surface area contributed by atoms with Crippen LogP contribution in [0.5, 0.6) is 0 Å². The second kappa shape index (κ2) is 6.40. The fourth-order valence-electron chi connectivity index (χ4n) is 2.86. The summed E-state index contributed by atoms with van der Waals surface area (Å²) in [5.41, 5.74) is 4.78. The molecule has 1 amide bonds. The second-order valence-electron chi connectivity index (χ2n) is 6.22. The molecule has 0 spiro atoms. The molecule has 0 aliphatic heterocycles. The van der Waals surface area contributed by atoms with Crippen molar-refractivity contribution in [2.24, 2.45) is 0 Å². The molecule has 0 saturated heterocycles. The molecule has 1 aromatic carbocycles. The second-order valence-corrected chi connectivity index (χ2v) is 6.22. The minimum Gasteiger partial charge on any atom is -0.334 e. The van der Waals surface area contributed by atoms with Gasteiger partial charge in [0.05, 0.1) is 11.6 Å². The zero-order valence-corrected chi connectivity index (χ0v) is 14.4. The van der Waals surface area contributed by atoms with Crippen molar-refractivity contribution in [1.29, 1.82) is 0 Å². The van der Waals surface area contributed by atoms with Gasteiger partial charge in [0, 0.05) is 24.8 Å². The van der Waals surface area contributed by atoms with Crippen molar-refractivity contribution in [3.8, 4) is 0 Å². The molecule has 0 bridgehead atoms. The van der Waals surface area contributed by atoms with E-state index in [9.17, 15) is 4.79 Å². The monoisotopic (exact) mass is 319 g/mol. The van der Waals surface area contributed by atoms with Crippen LogP contribution in [0, 0.1) is 13.8 Å². The molecule has 3 aromatic rings. The maximum atomic E-state index is 12.8. The van der Waals surface area contributed by atoms with Crippen molar-refractivity contribution >= 4 is 16.8 Å². The molecule has 4 nitrogen and oxygen atoms in total.